The van der Waals surface area contributed by atoms with Gasteiger partial charge in [0.15, 0.2) is 17.4 Å². The van der Waals surface area contributed by atoms with E-state index in [4.69, 9.17) is 4.74 Å². The van der Waals surface area contributed by atoms with Gasteiger partial charge in [0, 0.05) is 16.5 Å². The quantitative estimate of drug-likeness (QED) is 0.467. The predicted octanol–water partition coefficient (Wildman–Crippen LogP) is 4.16. The molecule has 1 amide bonds. The standard InChI is InChI=1S/C24H22N4O2S/c1-30-19-11-9-17(10-12-19)20-16-31-24(25-20)26-22(29)15-27-14-21(18-6-3-2-4-7-18)28-13-5-8-23(27)28/h2-4,6-7,9-12,14,16H,5,8,13,15H2,1H3/p+1. The highest BCUT2D eigenvalue weighted by molar-refractivity contribution is 7.14. The van der Waals surface area contributed by atoms with E-state index in [1.165, 1.54) is 22.7 Å². The summed E-state index contributed by atoms with van der Waals surface area (Å²) in [6.07, 6.45) is 4.18. The lowest BCUT2D eigenvalue weighted by Gasteiger charge is -2.01. The van der Waals surface area contributed by atoms with Gasteiger partial charge in [-0.25, -0.2) is 14.1 Å². The first-order valence-electron chi connectivity index (χ1n) is 10.3. The smallest absolute Gasteiger partial charge is 0.268 e. The number of ether oxygens (including phenoxy) is 1. The largest absolute Gasteiger partial charge is 0.497 e. The number of benzene rings is 2. The van der Waals surface area contributed by atoms with Gasteiger partial charge >= 0.3 is 0 Å². The van der Waals surface area contributed by atoms with E-state index in [2.05, 4.69) is 37.8 Å². The Kier molecular flexibility index (Phi) is 5.26. The van der Waals surface area contributed by atoms with Crippen LogP contribution in [0.25, 0.3) is 22.5 Å². The van der Waals surface area contributed by atoms with Crippen molar-refractivity contribution in [2.45, 2.75) is 25.9 Å². The highest BCUT2D eigenvalue weighted by Gasteiger charge is 2.29. The minimum absolute atomic E-state index is 0.0689. The highest BCUT2D eigenvalue weighted by atomic mass is 32.1. The van der Waals surface area contributed by atoms with Crippen LogP contribution in [0.1, 0.15) is 12.2 Å². The summed E-state index contributed by atoms with van der Waals surface area (Å²) in [5.74, 6) is 1.94. The first-order chi connectivity index (χ1) is 15.2. The Labute approximate surface area is 184 Å². The molecule has 156 valence electrons. The molecule has 1 N–H and O–H groups in total. The normalized spacial score (nSPS) is 12.5. The molecule has 0 saturated heterocycles. The lowest BCUT2D eigenvalue weighted by atomic mass is 10.2. The van der Waals surface area contributed by atoms with Crippen molar-refractivity contribution < 1.29 is 14.1 Å². The van der Waals surface area contributed by atoms with Crippen molar-refractivity contribution in [3.8, 4) is 28.3 Å². The average molecular weight is 432 g/mol. The highest BCUT2D eigenvalue weighted by Crippen LogP contribution is 2.27. The fourth-order valence-corrected chi connectivity index (χ4v) is 4.76. The lowest BCUT2D eigenvalue weighted by Crippen LogP contribution is -2.42. The fourth-order valence-electron chi connectivity index (χ4n) is 4.02. The van der Waals surface area contributed by atoms with Gasteiger partial charge in [-0.1, -0.05) is 30.3 Å². The molecular formula is C24H23N4O2S+. The summed E-state index contributed by atoms with van der Waals surface area (Å²) in [5.41, 5.74) is 4.17. The molecule has 0 atom stereocenters. The molecule has 4 aromatic rings. The molecule has 5 rings (SSSR count). The molecule has 0 fully saturated rings. The Balaban J connectivity index is 1.31. The molecule has 1 aliphatic heterocycles. The van der Waals surface area contributed by atoms with Gasteiger partial charge in [-0.3, -0.25) is 10.1 Å². The van der Waals surface area contributed by atoms with E-state index >= 15 is 0 Å². The van der Waals surface area contributed by atoms with E-state index in [9.17, 15) is 4.79 Å². The molecular weight excluding hydrogens is 408 g/mol. The van der Waals surface area contributed by atoms with Crippen LogP contribution in [0.3, 0.4) is 0 Å². The van der Waals surface area contributed by atoms with Gasteiger partial charge in [-0.15, -0.1) is 11.3 Å². The van der Waals surface area contributed by atoms with Crippen LogP contribution in [-0.4, -0.2) is 22.6 Å². The van der Waals surface area contributed by atoms with Gasteiger partial charge in [0.05, 0.1) is 25.8 Å². The van der Waals surface area contributed by atoms with Crippen LogP contribution in [-0.2, 0) is 24.3 Å². The van der Waals surface area contributed by atoms with Crippen LogP contribution in [0.5, 0.6) is 5.75 Å². The summed E-state index contributed by atoms with van der Waals surface area (Å²) >= 11 is 1.43. The van der Waals surface area contributed by atoms with Gasteiger partial charge in [0.25, 0.3) is 11.7 Å². The maximum absolute atomic E-state index is 12.8. The number of aromatic nitrogens is 3. The second kappa shape index (κ2) is 8.35. The Morgan fingerprint density at radius 3 is 2.74 bits per heavy atom. The molecule has 7 heteroatoms. The first-order valence-corrected chi connectivity index (χ1v) is 11.2. The average Bonchev–Trinajstić information content (AvgIpc) is 3.53. The van der Waals surface area contributed by atoms with E-state index in [0.29, 0.717) is 5.13 Å². The number of hydrogen-bond acceptors (Lipinski definition) is 4. The molecule has 0 bridgehead atoms. The second-order valence-electron chi connectivity index (χ2n) is 7.49. The summed E-state index contributed by atoms with van der Waals surface area (Å²) in [4.78, 5) is 17.3. The number of thiazole rings is 1. The third kappa shape index (κ3) is 3.96. The van der Waals surface area contributed by atoms with Crippen molar-refractivity contribution in [1.29, 1.82) is 0 Å². The number of carbonyl (C=O) groups is 1. The van der Waals surface area contributed by atoms with E-state index in [1.54, 1.807) is 7.11 Å². The second-order valence-corrected chi connectivity index (χ2v) is 8.35. The number of nitrogens with one attached hydrogen (secondary N) is 1. The number of nitrogens with zero attached hydrogens (tertiary/aromatic N) is 3. The van der Waals surface area contributed by atoms with E-state index in [-0.39, 0.29) is 12.5 Å². The van der Waals surface area contributed by atoms with Gasteiger partial charge in [0.2, 0.25) is 0 Å². The van der Waals surface area contributed by atoms with E-state index in [0.717, 1.165) is 42.1 Å². The van der Waals surface area contributed by atoms with Crippen molar-refractivity contribution in [2.24, 2.45) is 0 Å². The van der Waals surface area contributed by atoms with Gasteiger partial charge in [-0.2, -0.15) is 0 Å². The topological polar surface area (TPSA) is 60.0 Å². The number of imidazole rings is 1. The predicted molar refractivity (Wildman–Crippen MR) is 121 cm³/mol. The molecule has 1 aliphatic rings. The summed E-state index contributed by atoms with van der Waals surface area (Å²) in [6, 6.07) is 18.1. The van der Waals surface area contributed by atoms with Gasteiger partial charge in [-0.05, 0) is 30.7 Å². The zero-order valence-electron chi connectivity index (χ0n) is 17.2. The maximum Gasteiger partial charge on any atom is 0.268 e. The molecule has 3 heterocycles. The minimum atomic E-state index is -0.0689. The van der Waals surface area contributed by atoms with Crippen molar-refractivity contribution in [2.75, 3.05) is 12.4 Å². The summed E-state index contributed by atoms with van der Waals surface area (Å²) in [6.45, 7) is 1.27. The molecule has 2 aromatic carbocycles. The molecule has 31 heavy (non-hydrogen) atoms. The third-order valence-electron chi connectivity index (χ3n) is 5.51. The van der Waals surface area contributed by atoms with Gasteiger partial charge in [0.1, 0.15) is 11.9 Å². The SMILES string of the molecule is COc1ccc(-c2csc(NC(=O)C[n+]3cc(-c4ccccc4)n4c3CCC4)n2)cc1. The fraction of sp³-hybridized carbons (Fsp3) is 0.208. The maximum atomic E-state index is 12.8. The van der Waals surface area contributed by atoms with Crippen LogP contribution in [0.2, 0.25) is 0 Å². The van der Waals surface area contributed by atoms with Crippen molar-refractivity contribution in [1.82, 2.24) is 9.55 Å². The number of methoxy groups -OCH3 is 1. The van der Waals surface area contributed by atoms with Crippen molar-refractivity contribution in [3.05, 3.63) is 72.0 Å². The zero-order valence-corrected chi connectivity index (χ0v) is 18.1. The van der Waals surface area contributed by atoms with Crippen LogP contribution in [0, 0.1) is 0 Å². The van der Waals surface area contributed by atoms with Crippen LogP contribution >= 0.6 is 11.3 Å². The molecule has 0 spiro atoms. The molecule has 0 radical (unpaired) electrons. The molecule has 0 saturated carbocycles. The number of carbonyl (C=O) groups excluding carboxylic acids is 1. The van der Waals surface area contributed by atoms with Crippen LogP contribution in [0.4, 0.5) is 5.13 Å². The minimum Gasteiger partial charge on any atom is -0.497 e. The summed E-state index contributed by atoms with van der Waals surface area (Å²) in [7, 11) is 1.65. The molecule has 0 aliphatic carbocycles. The summed E-state index contributed by atoms with van der Waals surface area (Å²) < 4.78 is 9.60. The molecule has 0 unspecified atom stereocenters. The number of fused-ring (bicyclic) bond motifs is 1. The number of anilines is 1. The van der Waals surface area contributed by atoms with Crippen molar-refractivity contribution >= 4 is 22.4 Å². The van der Waals surface area contributed by atoms with Gasteiger partial charge < -0.3 is 4.74 Å². The lowest BCUT2D eigenvalue weighted by molar-refractivity contribution is -0.690. The Morgan fingerprint density at radius 2 is 1.97 bits per heavy atom. The molecule has 2 aromatic heterocycles. The Hall–Kier alpha value is -3.45. The van der Waals surface area contributed by atoms with E-state index < -0.39 is 0 Å². The molecule has 6 nitrogen and oxygen atoms in total. The van der Waals surface area contributed by atoms with Crippen molar-refractivity contribution in [3.63, 3.8) is 0 Å². The third-order valence-corrected chi connectivity index (χ3v) is 6.27. The van der Waals surface area contributed by atoms with Crippen LogP contribution in [0.15, 0.2) is 66.2 Å². The van der Waals surface area contributed by atoms with E-state index in [1.807, 2.05) is 47.8 Å². The van der Waals surface area contributed by atoms with Crippen LogP contribution < -0.4 is 14.6 Å². The Morgan fingerprint density at radius 1 is 1.16 bits per heavy atom. The zero-order chi connectivity index (χ0) is 21.2. The Bertz CT molecular complexity index is 1210. The first kappa shape index (κ1) is 19.5. The number of hydrogen-bond donors (Lipinski definition) is 1. The number of rotatable bonds is 6. The number of amides is 1. The summed E-state index contributed by atoms with van der Waals surface area (Å²) in [5, 5.41) is 5.52. The monoisotopic (exact) mass is 431 g/mol.